The zero-order valence-corrected chi connectivity index (χ0v) is 10.6. The van der Waals surface area contributed by atoms with E-state index >= 15 is 0 Å². The minimum Gasteiger partial charge on any atom is -0.314 e. The van der Waals surface area contributed by atoms with E-state index in [9.17, 15) is 26.3 Å². The molecule has 19 heavy (non-hydrogen) atoms. The smallest absolute Gasteiger partial charge is 0.314 e. The summed E-state index contributed by atoms with van der Waals surface area (Å²) < 4.78 is 73.2. The van der Waals surface area contributed by atoms with Gasteiger partial charge in [0, 0.05) is 12.5 Å². The molecule has 0 aromatic carbocycles. The van der Waals surface area contributed by atoms with Crippen LogP contribution in [0.1, 0.15) is 44.9 Å². The molecule has 0 aliphatic heterocycles. The summed E-state index contributed by atoms with van der Waals surface area (Å²) in [4.78, 5) is 0. The van der Waals surface area contributed by atoms with Crippen LogP contribution in [0.5, 0.6) is 0 Å². The Morgan fingerprint density at radius 1 is 0.947 bits per heavy atom. The quantitative estimate of drug-likeness (QED) is 0.583. The molecule has 1 nitrogen and oxygen atoms in total. The van der Waals surface area contributed by atoms with Gasteiger partial charge in [-0.2, -0.15) is 26.3 Å². The molecule has 1 rings (SSSR count). The van der Waals surface area contributed by atoms with Gasteiger partial charge in [-0.05, 0) is 38.6 Å². The number of halogens is 6. The van der Waals surface area contributed by atoms with Gasteiger partial charge in [0.05, 0.1) is 5.92 Å². The zero-order chi connectivity index (χ0) is 14.5. The second kappa shape index (κ2) is 6.81. The monoisotopic (exact) mass is 291 g/mol. The Morgan fingerprint density at radius 3 is 2.21 bits per heavy atom. The highest BCUT2D eigenvalue weighted by atomic mass is 19.4. The molecule has 0 aromatic rings. The second-order valence-corrected chi connectivity index (χ2v) is 5.13. The molecule has 1 N–H and O–H groups in total. The van der Waals surface area contributed by atoms with Crippen molar-refractivity contribution >= 4 is 0 Å². The number of hydrogen-bond acceptors (Lipinski definition) is 1. The van der Waals surface area contributed by atoms with E-state index in [-0.39, 0.29) is 25.3 Å². The van der Waals surface area contributed by atoms with Crippen molar-refractivity contribution in [2.75, 3.05) is 6.54 Å². The summed E-state index contributed by atoms with van der Waals surface area (Å²) in [6, 6.07) is -0.216. The van der Waals surface area contributed by atoms with Crippen LogP contribution in [-0.4, -0.2) is 24.9 Å². The third-order valence-electron chi connectivity index (χ3n) is 3.46. The van der Waals surface area contributed by atoms with E-state index in [1.54, 1.807) is 0 Å². The Morgan fingerprint density at radius 2 is 1.63 bits per heavy atom. The van der Waals surface area contributed by atoms with Gasteiger partial charge in [0.1, 0.15) is 0 Å². The highest BCUT2D eigenvalue weighted by molar-refractivity contribution is 4.81. The highest BCUT2D eigenvalue weighted by Gasteiger charge is 2.41. The van der Waals surface area contributed by atoms with Gasteiger partial charge in [-0.25, -0.2) is 0 Å². The minimum absolute atomic E-state index is 0.0198. The molecule has 114 valence electrons. The maximum absolute atomic E-state index is 12.5. The van der Waals surface area contributed by atoms with E-state index in [1.807, 2.05) is 0 Å². The van der Waals surface area contributed by atoms with Gasteiger partial charge in [0.25, 0.3) is 0 Å². The van der Waals surface area contributed by atoms with Gasteiger partial charge >= 0.3 is 12.4 Å². The first-order valence-corrected chi connectivity index (χ1v) is 6.55. The summed E-state index contributed by atoms with van der Waals surface area (Å²) in [5, 5.41) is 2.94. The average Bonchev–Trinajstić information content (AvgIpc) is 2.26. The van der Waals surface area contributed by atoms with E-state index in [0.29, 0.717) is 25.8 Å². The maximum atomic E-state index is 12.5. The van der Waals surface area contributed by atoms with Crippen LogP contribution in [0.4, 0.5) is 26.3 Å². The molecule has 0 aromatic heterocycles. The van der Waals surface area contributed by atoms with Crippen LogP contribution in [0.25, 0.3) is 0 Å². The first-order chi connectivity index (χ1) is 8.68. The van der Waals surface area contributed by atoms with E-state index in [1.165, 1.54) is 0 Å². The van der Waals surface area contributed by atoms with Crippen molar-refractivity contribution in [3.8, 4) is 0 Å². The second-order valence-electron chi connectivity index (χ2n) is 5.13. The first kappa shape index (κ1) is 16.6. The summed E-state index contributed by atoms with van der Waals surface area (Å²) in [5.41, 5.74) is 0. The molecule has 0 radical (unpaired) electrons. The predicted molar refractivity (Wildman–Crippen MR) is 59.7 cm³/mol. The molecule has 0 heterocycles. The fourth-order valence-electron chi connectivity index (χ4n) is 2.43. The highest BCUT2D eigenvalue weighted by Crippen LogP contribution is 2.37. The molecule has 0 bridgehead atoms. The average molecular weight is 291 g/mol. The van der Waals surface area contributed by atoms with Crippen LogP contribution < -0.4 is 5.32 Å². The lowest BCUT2D eigenvalue weighted by Gasteiger charge is -2.31. The number of nitrogens with one attached hydrogen (secondary N) is 1. The van der Waals surface area contributed by atoms with E-state index in [0.717, 1.165) is 0 Å². The van der Waals surface area contributed by atoms with E-state index in [2.05, 4.69) is 5.32 Å². The number of unbranched alkanes of at least 4 members (excludes halogenated alkanes) is 1. The Kier molecular flexibility index (Phi) is 5.95. The lowest BCUT2D eigenvalue weighted by atomic mass is 9.85. The predicted octanol–water partition coefficient (Wildman–Crippen LogP) is 4.43. The Bertz CT molecular complexity index is 260. The third-order valence-corrected chi connectivity index (χ3v) is 3.46. The SMILES string of the molecule is FC(F)(F)CCCCNC1CCCC(C(F)(F)F)C1. The Labute approximate surface area is 108 Å². The van der Waals surface area contributed by atoms with Gasteiger partial charge in [-0.3, -0.25) is 0 Å². The van der Waals surface area contributed by atoms with Crippen molar-refractivity contribution in [2.24, 2.45) is 5.92 Å². The van der Waals surface area contributed by atoms with Crippen LogP contribution in [0.2, 0.25) is 0 Å². The Balaban J connectivity index is 2.16. The number of hydrogen-bond donors (Lipinski definition) is 1. The van der Waals surface area contributed by atoms with Crippen LogP contribution >= 0.6 is 0 Å². The molecule has 0 saturated heterocycles. The number of rotatable bonds is 5. The molecule has 1 saturated carbocycles. The number of alkyl halides is 6. The molecule has 7 heteroatoms. The summed E-state index contributed by atoms with van der Waals surface area (Å²) >= 11 is 0. The van der Waals surface area contributed by atoms with Crippen molar-refractivity contribution in [2.45, 2.75) is 63.3 Å². The maximum Gasteiger partial charge on any atom is 0.391 e. The molecule has 2 unspecified atom stereocenters. The van der Waals surface area contributed by atoms with Crippen molar-refractivity contribution in [3.05, 3.63) is 0 Å². The molecule has 2 atom stereocenters. The molecule has 1 aliphatic rings. The standard InChI is InChI=1S/C12H19F6N/c13-11(14,15)6-1-2-7-19-10-5-3-4-9(8-10)12(16,17)18/h9-10,19H,1-8H2. The fraction of sp³-hybridized carbons (Fsp3) is 1.00. The minimum atomic E-state index is -4.16. The van der Waals surface area contributed by atoms with Crippen LogP contribution in [0, 0.1) is 5.92 Å². The van der Waals surface area contributed by atoms with Crippen molar-refractivity contribution in [3.63, 3.8) is 0 Å². The van der Waals surface area contributed by atoms with Gasteiger partial charge in [-0.1, -0.05) is 6.42 Å². The summed E-state index contributed by atoms with van der Waals surface area (Å²) in [5.74, 6) is -1.27. The summed E-state index contributed by atoms with van der Waals surface area (Å²) in [6.45, 7) is 0.353. The topological polar surface area (TPSA) is 12.0 Å². The van der Waals surface area contributed by atoms with Gasteiger partial charge in [0.15, 0.2) is 0 Å². The molecular formula is C12H19F6N. The summed E-state index contributed by atoms with van der Waals surface area (Å²) in [7, 11) is 0. The van der Waals surface area contributed by atoms with Crippen LogP contribution in [-0.2, 0) is 0 Å². The first-order valence-electron chi connectivity index (χ1n) is 6.55. The Hall–Kier alpha value is -0.460. The molecule has 0 spiro atoms. The normalized spacial score (nSPS) is 25.6. The fourth-order valence-corrected chi connectivity index (χ4v) is 2.43. The largest absolute Gasteiger partial charge is 0.391 e. The third kappa shape index (κ3) is 7.03. The lowest BCUT2D eigenvalue weighted by Crippen LogP contribution is -2.39. The van der Waals surface area contributed by atoms with E-state index in [4.69, 9.17) is 0 Å². The van der Waals surface area contributed by atoms with Gasteiger partial charge in [0.2, 0.25) is 0 Å². The molecule has 1 aliphatic carbocycles. The zero-order valence-electron chi connectivity index (χ0n) is 10.6. The van der Waals surface area contributed by atoms with Crippen molar-refractivity contribution in [1.29, 1.82) is 0 Å². The van der Waals surface area contributed by atoms with E-state index < -0.39 is 24.7 Å². The molecular weight excluding hydrogens is 272 g/mol. The van der Waals surface area contributed by atoms with Crippen molar-refractivity contribution in [1.82, 2.24) is 5.32 Å². The molecule has 0 amide bonds. The lowest BCUT2D eigenvalue weighted by molar-refractivity contribution is -0.183. The van der Waals surface area contributed by atoms with Gasteiger partial charge < -0.3 is 5.32 Å². The molecule has 1 fully saturated rings. The summed E-state index contributed by atoms with van der Waals surface area (Å²) in [6.07, 6.45) is -7.37. The van der Waals surface area contributed by atoms with Crippen LogP contribution in [0.3, 0.4) is 0 Å². The van der Waals surface area contributed by atoms with Gasteiger partial charge in [-0.15, -0.1) is 0 Å². The van der Waals surface area contributed by atoms with Crippen LogP contribution in [0.15, 0.2) is 0 Å². The van der Waals surface area contributed by atoms with Crippen molar-refractivity contribution < 1.29 is 26.3 Å².